The molecule has 0 radical (unpaired) electrons. The number of esters is 1. The first-order valence-corrected chi connectivity index (χ1v) is 6.56. The molecule has 1 aliphatic rings. The van der Waals surface area contributed by atoms with E-state index in [0.29, 0.717) is 6.04 Å². The lowest BCUT2D eigenvalue weighted by Gasteiger charge is -2.38. The van der Waals surface area contributed by atoms with Crippen molar-refractivity contribution in [3.63, 3.8) is 0 Å². The van der Waals surface area contributed by atoms with Crippen LogP contribution in [0.1, 0.15) is 27.2 Å². The number of carbonyl (C=O) groups is 1. The Labute approximate surface area is 110 Å². The molecule has 0 aromatic rings. The molecule has 3 unspecified atom stereocenters. The van der Waals surface area contributed by atoms with Gasteiger partial charge >= 0.3 is 5.97 Å². The highest BCUT2D eigenvalue weighted by molar-refractivity contribution is 5.80. The fourth-order valence-corrected chi connectivity index (χ4v) is 2.21. The van der Waals surface area contributed by atoms with E-state index in [2.05, 4.69) is 24.1 Å². The SMILES string of the molecule is CNC(C)(CCN1CC(C)OCC1C)C(=O)OC. The first-order valence-electron chi connectivity index (χ1n) is 6.56. The number of ether oxygens (including phenoxy) is 2. The van der Waals surface area contributed by atoms with Gasteiger partial charge in [-0.3, -0.25) is 9.69 Å². The fraction of sp³-hybridized carbons (Fsp3) is 0.923. The van der Waals surface area contributed by atoms with Gasteiger partial charge in [-0.1, -0.05) is 0 Å². The Bertz CT molecular complexity index is 285. The van der Waals surface area contributed by atoms with Crippen LogP contribution in [0.25, 0.3) is 0 Å². The minimum Gasteiger partial charge on any atom is -0.468 e. The molecule has 0 aromatic carbocycles. The first kappa shape index (κ1) is 15.4. The predicted molar refractivity (Wildman–Crippen MR) is 70.5 cm³/mol. The molecule has 106 valence electrons. The van der Waals surface area contributed by atoms with Crippen molar-refractivity contribution < 1.29 is 14.3 Å². The average Bonchev–Trinajstić information content (AvgIpc) is 2.38. The minimum atomic E-state index is -0.615. The Morgan fingerprint density at radius 3 is 2.78 bits per heavy atom. The van der Waals surface area contributed by atoms with Gasteiger partial charge < -0.3 is 14.8 Å². The van der Waals surface area contributed by atoms with E-state index in [1.54, 1.807) is 7.05 Å². The zero-order valence-corrected chi connectivity index (χ0v) is 12.2. The summed E-state index contributed by atoms with van der Waals surface area (Å²) in [5.74, 6) is -0.209. The van der Waals surface area contributed by atoms with Crippen molar-refractivity contribution >= 4 is 5.97 Å². The van der Waals surface area contributed by atoms with Crippen molar-refractivity contribution in [1.82, 2.24) is 10.2 Å². The van der Waals surface area contributed by atoms with Crippen molar-refractivity contribution in [3.05, 3.63) is 0 Å². The van der Waals surface area contributed by atoms with Gasteiger partial charge in [0.15, 0.2) is 0 Å². The smallest absolute Gasteiger partial charge is 0.325 e. The molecular weight excluding hydrogens is 232 g/mol. The second kappa shape index (κ2) is 6.50. The lowest BCUT2D eigenvalue weighted by molar-refractivity contribution is -0.148. The third-order valence-electron chi connectivity index (χ3n) is 3.82. The van der Waals surface area contributed by atoms with Crippen LogP contribution in [0, 0.1) is 0 Å². The highest BCUT2D eigenvalue weighted by Crippen LogP contribution is 2.16. The lowest BCUT2D eigenvalue weighted by atomic mass is 9.97. The first-order chi connectivity index (χ1) is 8.42. The van der Waals surface area contributed by atoms with E-state index in [1.165, 1.54) is 7.11 Å². The topological polar surface area (TPSA) is 50.8 Å². The van der Waals surface area contributed by atoms with Crippen LogP contribution in [-0.4, -0.2) is 62.4 Å². The zero-order chi connectivity index (χ0) is 13.8. The number of rotatable bonds is 5. The summed E-state index contributed by atoms with van der Waals surface area (Å²) in [4.78, 5) is 14.1. The Morgan fingerprint density at radius 1 is 1.56 bits per heavy atom. The van der Waals surface area contributed by atoms with E-state index in [0.717, 1.165) is 26.1 Å². The molecule has 0 saturated carbocycles. The van der Waals surface area contributed by atoms with Gasteiger partial charge in [-0.05, 0) is 34.2 Å². The summed E-state index contributed by atoms with van der Waals surface area (Å²) < 4.78 is 10.4. The van der Waals surface area contributed by atoms with Crippen LogP contribution in [-0.2, 0) is 14.3 Å². The number of nitrogens with one attached hydrogen (secondary N) is 1. The molecule has 1 heterocycles. The van der Waals surface area contributed by atoms with Crippen LogP contribution in [0.5, 0.6) is 0 Å². The molecule has 0 aromatic heterocycles. The van der Waals surface area contributed by atoms with E-state index in [4.69, 9.17) is 9.47 Å². The van der Waals surface area contributed by atoms with E-state index < -0.39 is 5.54 Å². The Morgan fingerprint density at radius 2 is 2.22 bits per heavy atom. The Kier molecular flexibility index (Phi) is 5.56. The third kappa shape index (κ3) is 3.67. The maximum atomic E-state index is 11.8. The number of morpholine rings is 1. The molecule has 1 rings (SSSR count). The van der Waals surface area contributed by atoms with Gasteiger partial charge in [-0.25, -0.2) is 0 Å². The van der Waals surface area contributed by atoms with Crippen LogP contribution >= 0.6 is 0 Å². The number of nitrogens with zero attached hydrogens (tertiary/aromatic N) is 1. The largest absolute Gasteiger partial charge is 0.468 e. The van der Waals surface area contributed by atoms with Crippen LogP contribution in [0.2, 0.25) is 0 Å². The Balaban J connectivity index is 2.54. The van der Waals surface area contributed by atoms with Gasteiger partial charge in [-0.2, -0.15) is 0 Å². The fourth-order valence-electron chi connectivity index (χ4n) is 2.21. The summed E-state index contributed by atoms with van der Waals surface area (Å²) in [7, 11) is 3.22. The average molecular weight is 258 g/mol. The quantitative estimate of drug-likeness (QED) is 0.733. The van der Waals surface area contributed by atoms with E-state index in [1.807, 2.05) is 6.92 Å². The van der Waals surface area contributed by atoms with Gasteiger partial charge in [-0.15, -0.1) is 0 Å². The van der Waals surface area contributed by atoms with Crippen molar-refractivity contribution in [2.75, 3.05) is 33.9 Å². The molecule has 0 amide bonds. The number of hydrogen-bond donors (Lipinski definition) is 1. The second-order valence-electron chi connectivity index (χ2n) is 5.31. The predicted octanol–water partition coefficient (Wildman–Crippen LogP) is 0.637. The lowest BCUT2D eigenvalue weighted by Crippen LogP contribution is -2.53. The standard InChI is InChI=1S/C13H26N2O3/c1-10-9-18-11(2)8-15(10)7-6-13(3,14-4)12(16)17-5/h10-11,14H,6-9H2,1-5H3. The highest BCUT2D eigenvalue weighted by atomic mass is 16.5. The van der Waals surface area contributed by atoms with Gasteiger partial charge in [0.2, 0.25) is 0 Å². The molecule has 1 aliphatic heterocycles. The van der Waals surface area contributed by atoms with Gasteiger partial charge in [0, 0.05) is 19.1 Å². The monoisotopic (exact) mass is 258 g/mol. The van der Waals surface area contributed by atoms with E-state index in [9.17, 15) is 4.79 Å². The van der Waals surface area contributed by atoms with E-state index >= 15 is 0 Å². The summed E-state index contributed by atoms with van der Waals surface area (Å²) in [5, 5.41) is 3.06. The molecule has 0 bridgehead atoms. The van der Waals surface area contributed by atoms with E-state index in [-0.39, 0.29) is 12.1 Å². The van der Waals surface area contributed by atoms with Gasteiger partial charge in [0.1, 0.15) is 5.54 Å². The molecule has 5 heteroatoms. The third-order valence-corrected chi connectivity index (χ3v) is 3.82. The summed E-state index contributed by atoms with van der Waals surface area (Å²) in [5.41, 5.74) is -0.615. The number of carbonyl (C=O) groups excluding carboxylic acids is 1. The summed E-state index contributed by atoms with van der Waals surface area (Å²) >= 11 is 0. The van der Waals surface area contributed by atoms with Crippen LogP contribution in [0.3, 0.4) is 0 Å². The highest BCUT2D eigenvalue weighted by Gasteiger charge is 2.34. The number of likely N-dealkylation sites (N-methyl/N-ethyl adjacent to an activating group) is 1. The molecule has 0 aliphatic carbocycles. The summed E-state index contributed by atoms with van der Waals surface area (Å²) in [6, 6.07) is 0.403. The van der Waals surface area contributed by atoms with Gasteiger partial charge in [0.25, 0.3) is 0 Å². The van der Waals surface area contributed by atoms with Crippen molar-refractivity contribution in [1.29, 1.82) is 0 Å². The normalized spacial score (nSPS) is 28.7. The molecule has 5 nitrogen and oxygen atoms in total. The van der Waals surface area contributed by atoms with Crippen LogP contribution < -0.4 is 5.32 Å². The van der Waals surface area contributed by atoms with Crippen molar-refractivity contribution in [2.45, 2.75) is 44.9 Å². The van der Waals surface area contributed by atoms with Gasteiger partial charge in [0.05, 0.1) is 19.8 Å². The molecule has 3 atom stereocenters. The molecule has 1 N–H and O–H groups in total. The van der Waals surface area contributed by atoms with Crippen molar-refractivity contribution in [2.24, 2.45) is 0 Å². The second-order valence-corrected chi connectivity index (χ2v) is 5.31. The number of hydrogen-bond acceptors (Lipinski definition) is 5. The molecule has 1 saturated heterocycles. The molecule has 18 heavy (non-hydrogen) atoms. The number of methoxy groups -OCH3 is 1. The molecule has 0 spiro atoms. The molecular formula is C13H26N2O3. The molecule has 1 fully saturated rings. The summed E-state index contributed by atoms with van der Waals surface area (Å²) in [6.07, 6.45) is 0.993. The minimum absolute atomic E-state index is 0.209. The van der Waals surface area contributed by atoms with Crippen LogP contribution in [0.4, 0.5) is 0 Å². The zero-order valence-electron chi connectivity index (χ0n) is 12.2. The maximum absolute atomic E-state index is 11.8. The summed E-state index contributed by atoms with van der Waals surface area (Å²) in [6.45, 7) is 8.66. The van der Waals surface area contributed by atoms with Crippen LogP contribution in [0.15, 0.2) is 0 Å². The van der Waals surface area contributed by atoms with Crippen molar-refractivity contribution in [3.8, 4) is 0 Å². The maximum Gasteiger partial charge on any atom is 0.325 e. The Hall–Kier alpha value is -0.650.